The topological polar surface area (TPSA) is 49.3 Å². The van der Waals surface area contributed by atoms with E-state index in [2.05, 4.69) is 41.2 Å². The quantitative estimate of drug-likeness (QED) is 0.887. The number of rotatable bonds is 4. The Morgan fingerprint density at radius 3 is 2.58 bits per heavy atom. The molecule has 2 fully saturated rings. The van der Waals surface area contributed by atoms with Crippen LogP contribution < -0.4 is 10.9 Å². The van der Waals surface area contributed by atoms with Gasteiger partial charge in [-0.15, -0.1) is 0 Å². The minimum Gasteiger partial charge on any atom is -0.347 e. The molecule has 0 aliphatic carbocycles. The lowest BCUT2D eigenvalue weighted by molar-refractivity contribution is 0.0654. The van der Waals surface area contributed by atoms with E-state index in [1.54, 1.807) is 0 Å². The van der Waals surface area contributed by atoms with Crippen LogP contribution in [0, 0.1) is 11.8 Å². The molecule has 2 aliphatic heterocycles. The van der Waals surface area contributed by atoms with E-state index in [1.165, 1.54) is 5.56 Å². The van der Waals surface area contributed by atoms with Crippen LogP contribution in [0.15, 0.2) is 48.7 Å². The highest BCUT2D eigenvalue weighted by atomic mass is 16.2. The Morgan fingerprint density at radius 2 is 1.88 bits per heavy atom. The number of likely N-dealkylation sites (tertiary alicyclic amines) is 1. The fraction of sp³-hybridized carbons (Fsp3) is 0.476. The van der Waals surface area contributed by atoms with Crippen molar-refractivity contribution in [2.24, 2.45) is 18.9 Å². The van der Waals surface area contributed by atoms with Crippen molar-refractivity contribution in [2.75, 3.05) is 19.6 Å². The predicted octanol–water partition coefficient (Wildman–Crippen LogP) is 2.21. The predicted molar refractivity (Wildman–Crippen MR) is 103 cm³/mol. The van der Waals surface area contributed by atoms with Crippen LogP contribution in [-0.4, -0.2) is 41.1 Å². The number of carbonyl (C=O) groups is 1. The minimum absolute atomic E-state index is 0.161. The normalized spacial score (nSPS) is 24.1. The number of nitrogens with one attached hydrogen (secondary N) is 2. The minimum atomic E-state index is 0.161. The third kappa shape index (κ3) is 3.55. The highest BCUT2D eigenvalue weighted by Gasteiger charge is 2.36. The molecule has 2 N–H and O–H groups in total. The molecule has 5 heteroatoms. The molecule has 0 radical (unpaired) electrons. The van der Waals surface area contributed by atoms with Gasteiger partial charge in [-0.3, -0.25) is 15.6 Å². The fourth-order valence-corrected chi connectivity index (χ4v) is 4.48. The molecule has 4 rings (SSSR count). The lowest BCUT2D eigenvalue weighted by Crippen LogP contribution is -2.46. The first kappa shape index (κ1) is 17.3. The zero-order valence-electron chi connectivity index (χ0n) is 15.4. The van der Waals surface area contributed by atoms with Gasteiger partial charge in [0.25, 0.3) is 5.91 Å². The van der Waals surface area contributed by atoms with Gasteiger partial charge in [0, 0.05) is 38.9 Å². The summed E-state index contributed by atoms with van der Waals surface area (Å²) in [5, 5.41) is 0. The van der Waals surface area contributed by atoms with Crippen LogP contribution in [-0.2, 0) is 13.5 Å². The summed E-state index contributed by atoms with van der Waals surface area (Å²) < 4.78 is 1.91. The van der Waals surface area contributed by atoms with Gasteiger partial charge in [0.15, 0.2) is 0 Å². The number of aryl methyl sites for hydroxylation is 1. The summed E-state index contributed by atoms with van der Waals surface area (Å²) in [4.78, 5) is 14.7. The van der Waals surface area contributed by atoms with Crippen LogP contribution in [0.5, 0.6) is 0 Å². The van der Waals surface area contributed by atoms with E-state index < -0.39 is 0 Å². The van der Waals surface area contributed by atoms with E-state index in [9.17, 15) is 4.79 Å². The maximum atomic E-state index is 12.7. The van der Waals surface area contributed by atoms with Crippen molar-refractivity contribution in [3.8, 4) is 0 Å². The molecular formula is C21H28N4O. The van der Waals surface area contributed by atoms with E-state index in [-0.39, 0.29) is 5.91 Å². The molecule has 0 saturated carbocycles. The van der Waals surface area contributed by atoms with Crippen molar-refractivity contribution in [3.63, 3.8) is 0 Å². The molecule has 2 saturated heterocycles. The summed E-state index contributed by atoms with van der Waals surface area (Å²) in [6, 6.07) is 15.1. The van der Waals surface area contributed by atoms with Crippen LogP contribution in [0.2, 0.25) is 0 Å². The number of hydrogen-bond donors (Lipinski definition) is 2. The molecule has 2 aliphatic rings. The zero-order chi connectivity index (χ0) is 17.9. The van der Waals surface area contributed by atoms with Crippen molar-refractivity contribution < 1.29 is 4.79 Å². The molecule has 5 nitrogen and oxygen atoms in total. The summed E-state index contributed by atoms with van der Waals surface area (Å²) in [5.74, 6) is 1.39. The monoisotopic (exact) mass is 352 g/mol. The Labute approximate surface area is 155 Å². The van der Waals surface area contributed by atoms with Crippen molar-refractivity contribution in [3.05, 3.63) is 59.9 Å². The first-order chi connectivity index (χ1) is 12.7. The van der Waals surface area contributed by atoms with Crippen molar-refractivity contribution in [1.82, 2.24) is 20.3 Å². The van der Waals surface area contributed by atoms with Gasteiger partial charge in [0.05, 0.1) is 0 Å². The van der Waals surface area contributed by atoms with Gasteiger partial charge in [0.1, 0.15) is 5.69 Å². The van der Waals surface area contributed by atoms with Crippen molar-refractivity contribution >= 4 is 5.91 Å². The van der Waals surface area contributed by atoms with E-state index in [0.29, 0.717) is 17.9 Å². The Morgan fingerprint density at radius 1 is 1.12 bits per heavy atom. The molecule has 2 unspecified atom stereocenters. The number of benzene rings is 1. The Bertz CT molecular complexity index is 733. The van der Waals surface area contributed by atoms with Crippen LogP contribution in [0.4, 0.5) is 0 Å². The molecule has 3 heterocycles. The van der Waals surface area contributed by atoms with Gasteiger partial charge in [-0.25, -0.2) is 0 Å². The van der Waals surface area contributed by atoms with E-state index in [0.717, 1.165) is 44.6 Å². The summed E-state index contributed by atoms with van der Waals surface area (Å²) in [5.41, 5.74) is 9.08. The molecule has 138 valence electrons. The average Bonchev–Trinajstić information content (AvgIpc) is 3.31. The highest BCUT2D eigenvalue weighted by molar-refractivity contribution is 5.92. The van der Waals surface area contributed by atoms with Crippen LogP contribution in [0.1, 0.15) is 28.9 Å². The molecule has 0 bridgehead atoms. The number of aromatic nitrogens is 1. The molecule has 2 atom stereocenters. The van der Waals surface area contributed by atoms with Gasteiger partial charge in [0.2, 0.25) is 0 Å². The summed E-state index contributed by atoms with van der Waals surface area (Å²) >= 11 is 0. The average molecular weight is 352 g/mol. The first-order valence-electron chi connectivity index (χ1n) is 9.65. The van der Waals surface area contributed by atoms with Crippen molar-refractivity contribution in [2.45, 2.75) is 25.3 Å². The summed E-state index contributed by atoms with van der Waals surface area (Å²) in [7, 11) is 1.93. The molecule has 1 aromatic carbocycles. The second kappa shape index (κ2) is 7.64. The van der Waals surface area contributed by atoms with Crippen molar-refractivity contribution in [1.29, 1.82) is 0 Å². The lowest BCUT2D eigenvalue weighted by Gasteiger charge is -2.36. The molecule has 1 aromatic heterocycles. The Hall–Kier alpha value is -2.11. The third-order valence-corrected chi connectivity index (χ3v) is 5.98. The van der Waals surface area contributed by atoms with Crippen LogP contribution >= 0.6 is 0 Å². The zero-order valence-corrected chi connectivity index (χ0v) is 15.4. The SMILES string of the molecule is Cn1cccc1C(=O)N1CCC(C2NNCC2Cc2ccccc2)CC1. The van der Waals surface area contributed by atoms with E-state index >= 15 is 0 Å². The molecule has 2 aromatic rings. The number of hydrogen-bond acceptors (Lipinski definition) is 3. The summed E-state index contributed by atoms with van der Waals surface area (Å²) in [6.45, 7) is 2.72. The Kier molecular flexibility index (Phi) is 5.09. The van der Waals surface area contributed by atoms with Gasteiger partial charge in [-0.2, -0.15) is 0 Å². The van der Waals surface area contributed by atoms with Gasteiger partial charge >= 0.3 is 0 Å². The Balaban J connectivity index is 1.35. The number of hydrazine groups is 1. The largest absolute Gasteiger partial charge is 0.347 e. The second-order valence-corrected chi connectivity index (χ2v) is 7.63. The van der Waals surface area contributed by atoms with Gasteiger partial charge in [-0.1, -0.05) is 30.3 Å². The second-order valence-electron chi connectivity index (χ2n) is 7.63. The number of nitrogens with zero attached hydrogens (tertiary/aromatic N) is 2. The van der Waals surface area contributed by atoms with E-state index in [4.69, 9.17) is 0 Å². The van der Waals surface area contributed by atoms with Crippen LogP contribution in [0.25, 0.3) is 0 Å². The smallest absolute Gasteiger partial charge is 0.270 e. The molecule has 26 heavy (non-hydrogen) atoms. The summed E-state index contributed by atoms with van der Waals surface area (Å²) in [6.07, 6.45) is 5.18. The highest BCUT2D eigenvalue weighted by Crippen LogP contribution is 2.29. The third-order valence-electron chi connectivity index (χ3n) is 5.98. The maximum Gasteiger partial charge on any atom is 0.270 e. The molecule has 1 amide bonds. The number of amides is 1. The van der Waals surface area contributed by atoms with Crippen LogP contribution in [0.3, 0.4) is 0 Å². The standard InChI is InChI=1S/C21H28N4O/c1-24-11-5-8-19(24)21(26)25-12-9-17(10-13-25)20-18(15-22-23-20)14-16-6-3-2-4-7-16/h2-8,11,17-18,20,22-23H,9-10,12-15H2,1H3. The van der Waals surface area contributed by atoms with Gasteiger partial charge < -0.3 is 9.47 Å². The fourth-order valence-electron chi connectivity index (χ4n) is 4.48. The lowest BCUT2D eigenvalue weighted by atomic mass is 9.81. The molecule has 0 spiro atoms. The molecular weight excluding hydrogens is 324 g/mol. The first-order valence-corrected chi connectivity index (χ1v) is 9.65. The van der Waals surface area contributed by atoms with Gasteiger partial charge in [-0.05, 0) is 48.8 Å². The number of piperidine rings is 1. The number of carbonyl (C=O) groups excluding carboxylic acids is 1. The maximum absolute atomic E-state index is 12.7. The van der Waals surface area contributed by atoms with E-state index in [1.807, 2.05) is 34.8 Å².